The molecule has 2 heterocycles. The predicted octanol–water partition coefficient (Wildman–Crippen LogP) is 3.51. The standard InChI is InChI=1S/C17H18BrFN2O2S2/c18-13-10-12(2-3-14(13)19)11-15-16(22)21(17(24)25-15)5-1-4-20-6-8-23-9-7-20/h2-3,10-11H,1,4-9H2/b15-11+. The molecule has 3 rings (SSSR count). The van der Waals surface area contributed by atoms with Gasteiger partial charge in [-0.25, -0.2) is 4.39 Å². The van der Waals surface area contributed by atoms with Crippen LogP contribution in [0.5, 0.6) is 0 Å². The van der Waals surface area contributed by atoms with Crippen LogP contribution in [0, 0.1) is 5.82 Å². The second-order valence-corrected chi connectivity index (χ2v) is 8.34. The van der Waals surface area contributed by atoms with Crippen molar-refractivity contribution in [2.45, 2.75) is 6.42 Å². The van der Waals surface area contributed by atoms with Crippen molar-refractivity contribution in [2.75, 3.05) is 39.4 Å². The largest absolute Gasteiger partial charge is 0.379 e. The van der Waals surface area contributed by atoms with Gasteiger partial charge in [-0.1, -0.05) is 30.0 Å². The number of benzene rings is 1. The number of hydrogen-bond donors (Lipinski definition) is 0. The number of hydrogen-bond acceptors (Lipinski definition) is 5. The average molecular weight is 445 g/mol. The predicted molar refractivity (Wildman–Crippen MR) is 106 cm³/mol. The number of ether oxygens (including phenoxy) is 1. The summed E-state index contributed by atoms with van der Waals surface area (Å²) in [6.45, 7) is 4.99. The number of thiocarbonyl (C=S) groups is 1. The number of carbonyl (C=O) groups excluding carboxylic acids is 1. The highest BCUT2D eigenvalue weighted by atomic mass is 79.9. The summed E-state index contributed by atoms with van der Waals surface area (Å²) in [5.74, 6) is -0.398. The van der Waals surface area contributed by atoms with Crippen LogP contribution >= 0.6 is 39.9 Å². The maximum atomic E-state index is 13.3. The molecule has 0 radical (unpaired) electrons. The first-order valence-corrected chi connectivity index (χ1v) is 10.1. The van der Waals surface area contributed by atoms with Crippen LogP contribution < -0.4 is 0 Å². The zero-order chi connectivity index (χ0) is 17.8. The molecule has 0 saturated carbocycles. The lowest BCUT2D eigenvalue weighted by molar-refractivity contribution is -0.122. The molecule has 134 valence electrons. The lowest BCUT2D eigenvalue weighted by Crippen LogP contribution is -2.38. The Balaban J connectivity index is 1.59. The molecule has 0 N–H and O–H groups in total. The minimum absolute atomic E-state index is 0.0718. The molecule has 0 spiro atoms. The quantitative estimate of drug-likeness (QED) is 0.512. The molecular weight excluding hydrogens is 427 g/mol. The third-order valence-electron chi connectivity index (χ3n) is 4.07. The minimum Gasteiger partial charge on any atom is -0.379 e. The van der Waals surface area contributed by atoms with Gasteiger partial charge in [0, 0.05) is 26.2 Å². The van der Waals surface area contributed by atoms with Gasteiger partial charge in [-0.15, -0.1) is 0 Å². The summed E-state index contributed by atoms with van der Waals surface area (Å²) >= 11 is 9.81. The summed E-state index contributed by atoms with van der Waals surface area (Å²) in [7, 11) is 0. The second kappa shape index (κ2) is 8.73. The lowest BCUT2D eigenvalue weighted by Gasteiger charge is -2.27. The van der Waals surface area contributed by atoms with Gasteiger partial charge in [-0.3, -0.25) is 14.6 Å². The highest BCUT2D eigenvalue weighted by molar-refractivity contribution is 9.10. The first-order chi connectivity index (χ1) is 12.0. The van der Waals surface area contributed by atoms with E-state index in [0.29, 0.717) is 20.2 Å². The van der Waals surface area contributed by atoms with Gasteiger partial charge in [0.25, 0.3) is 5.91 Å². The van der Waals surface area contributed by atoms with Crippen molar-refractivity contribution in [3.63, 3.8) is 0 Å². The van der Waals surface area contributed by atoms with Crippen LogP contribution in [0.3, 0.4) is 0 Å². The van der Waals surface area contributed by atoms with E-state index in [0.717, 1.165) is 44.8 Å². The van der Waals surface area contributed by atoms with E-state index in [9.17, 15) is 9.18 Å². The Labute approximate surface area is 164 Å². The van der Waals surface area contributed by atoms with Crippen molar-refractivity contribution in [3.8, 4) is 0 Å². The van der Waals surface area contributed by atoms with Crippen LogP contribution in [0.15, 0.2) is 27.6 Å². The van der Waals surface area contributed by atoms with Crippen LogP contribution in [0.2, 0.25) is 0 Å². The third-order valence-corrected chi connectivity index (χ3v) is 6.06. The highest BCUT2D eigenvalue weighted by Gasteiger charge is 2.31. The number of nitrogens with zero attached hydrogens (tertiary/aromatic N) is 2. The molecule has 25 heavy (non-hydrogen) atoms. The van der Waals surface area contributed by atoms with E-state index >= 15 is 0 Å². The van der Waals surface area contributed by atoms with E-state index in [1.165, 1.54) is 17.8 Å². The lowest BCUT2D eigenvalue weighted by atomic mass is 10.2. The third kappa shape index (κ3) is 4.89. The Hall–Kier alpha value is -0.800. The number of rotatable bonds is 5. The van der Waals surface area contributed by atoms with Gasteiger partial charge >= 0.3 is 0 Å². The first-order valence-electron chi connectivity index (χ1n) is 8.05. The number of carbonyl (C=O) groups is 1. The molecule has 1 aromatic carbocycles. The van der Waals surface area contributed by atoms with Crippen molar-refractivity contribution < 1.29 is 13.9 Å². The van der Waals surface area contributed by atoms with E-state index in [1.54, 1.807) is 23.1 Å². The van der Waals surface area contributed by atoms with E-state index in [1.807, 2.05) is 0 Å². The summed E-state index contributed by atoms with van der Waals surface area (Å²) in [5.41, 5.74) is 0.766. The molecule has 0 aromatic heterocycles. The summed E-state index contributed by atoms with van der Waals surface area (Å²) in [4.78, 5) is 17.2. The molecule has 8 heteroatoms. The van der Waals surface area contributed by atoms with E-state index < -0.39 is 0 Å². The molecule has 2 saturated heterocycles. The number of morpholine rings is 1. The summed E-state index contributed by atoms with van der Waals surface area (Å²) in [6, 6.07) is 4.67. The van der Waals surface area contributed by atoms with Crippen molar-refractivity contribution in [3.05, 3.63) is 39.0 Å². The topological polar surface area (TPSA) is 32.8 Å². The summed E-state index contributed by atoms with van der Waals surface area (Å²) in [5, 5.41) is 0. The Morgan fingerprint density at radius 1 is 1.32 bits per heavy atom. The molecule has 0 unspecified atom stereocenters. The molecule has 2 fully saturated rings. The Kier molecular flexibility index (Phi) is 6.62. The fraction of sp³-hybridized carbons (Fsp3) is 0.412. The number of amides is 1. The fourth-order valence-corrected chi connectivity index (χ4v) is 4.43. The molecule has 1 amide bonds. The smallest absolute Gasteiger partial charge is 0.266 e. The Morgan fingerprint density at radius 3 is 2.80 bits per heavy atom. The molecule has 0 bridgehead atoms. The molecule has 4 nitrogen and oxygen atoms in total. The molecule has 0 aliphatic carbocycles. The van der Waals surface area contributed by atoms with Crippen LogP contribution in [-0.2, 0) is 9.53 Å². The monoisotopic (exact) mass is 444 g/mol. The van der Waals surface area contributed by atoms with Crippen LogP contribution in [0.25, 0.3) is 6.08 Å². The average Bonchev–Trinajstić information content (AvgIpc) is 2.86. The number of thioether (sulfide) groups is 1. The zero-order valence-corrected chi connectivity index (χ0v) is 16.8. The van der Waals surface area contributed by atoms with Gasteiger partial charge in [-0.05, 0) is 46.1 Å². The van der Waals surface area contributed by atoms with Crippen LogP contribution in [0.1, 0.15) is 12.0 Å². The van der Waals surface area contributed by atoms with Gasteiger partial charge in [-0.2, -0.15) is 0 Å². The zero-order valence-electron chi connectivity index (χ0n) is 13.5. The van der Waals surface area contributed by atoms with Crippen molar-refractivity contribution >= 4 is 56.2 Å². The van der Waals surface area contributed by atoms with Gasteiger partial charge < -0.3 is 4.74 Å². The Bertz CT molecular complexity index is 708. The van der Waals surface area contributed by atoms with Crippen LogP contribution in [0.4, 0.5) is 4.39 Å². The van der Waals surface area contributed by atoms with E-state index in [2.05, 4.69) is 20.8 Å². The maximum Gasteiger partial charge on any atom is 0.266 e. The fourth-order valence-electron chi connectivity index (χ4n) is 2.72. The summed E-state index contributed by atoms with van der Waals surface area (Å²) in [6.07, 6.45) is 2.63. The second-order valence-electron chi connectivity index (χ2n) is 5.81. The molecule has 1 aromatic rings. The molecule has 2 aliphatic rings. The van der Waals surface area contributed by atoms with Crippen LogP contribution in [-0.4, -0.2) is 59.4 Å². The molecule has 2 aliphatic heterocycles. The highest BCUT2D eigenvalue weighted by Crippen LogP contribution is 2.33. The minimum atomic E-state index is -0.326. The maximum absolute atomic E-state index is 13.3. The van der Waals surface area contributed by atoms with Crippen molar-refractivity contribution in [1.29, 1.82) is 0 Å². The first kappa shape index (κ1) is 19.0. The normalized spacial score (nSPS) is 20.7. The number of halogens is 2. The van der Waals surface area contributed by atoms with E-state index in [4.69, 9.17) is 17.0 Å². The molecule has 0 atom stereocenters. The van der Waals surface area contributed by atoms with Gasteiger partial charge in [0.1, 0.15) is 10.1 Å². The van der Waals surface area contributed by atoms with E-state index in [-0.39, 0.29) is 11.7 Å². The molecular formula is C17H18BrFN2O2S2. The SMILES string of the molecule is O=C1/C(=C\c2ccc(F)c(Br)c2)SC(=S)N1CCCN1CCOCC1. The summed E-state index contributed by atoms with van der Waals surface area (Å²) < 4.78 is 19.6. The van der Waals surface area contributed by atoms with Gasteiger partial charge in [0.15, 0.2) is 0 Å². The van der Waals surface area contributed by atoms with Gasteiger partial charge in [0.2, 0.25) is 0 Å². The van der Waals surface area contributed by atoms with Gasteiger partial charge in [0.05, 0.1) is 22.6 Å². The van der Waals surface area contributed by atoms with Crippen molar-refractivity contribution in [2.24, 2.45) is 0 Å². The Morgan fingerprint density at radius 2 is 2.08 bits per heavy atom. The van der Waals surface area contributed by atoms with Crippen molar-refractivity contribution in [1.82, 2.24) is 9.80 Å².